The largest absolute Gasteiger partial charge is 0.467 e. The van der Waals surface area contributed by atoms with E-state index in [1.807, 2.05) is 48.2 Å². The summed E-state index contributed by atoms with van der Waals surface area (Å²) in [5.41, 5.74) is 3.54. The predicted molar refractivity (Wildman–Crippen MR) is 136 cm³/mol. The normalized spacial score (nSPS) is 15.5. The Morgan fingerprint density at radius 1 is 1.12 bits per heavy atom. The summed E-state index contributed by atoms with van der Waals surface area (Å²) in [7, 11) is 2.76. The molecule has 6 nitrogen and oxygen atoms in total. The summed E-state index contributed by atoms with van der Waals surface area (Å²) < 4.78 is 4.96. The van der Waals surface area contributed by atoms with Crippen LogP contribution in [0.2, 0.25) is 0 Å². The number of hydrogen-bond donors (Lipinski definition) is 1. The van der Waals surface area contributed by atoms with Gasteiger partial charge in [0.1, 0.15) is 18.9 Å². The van der Waals surface area contributed by atoms with Gasteiger partial charge in [0.15, 0.2) is 0 Å². The number of nitrogens with one attached hydrogen (secondary N) is 1. The molecule has 1 N–H and O–H groups in total. The summed E-state index contributed by atoms with van der Waals surface area (Å²) in [5.74, 6) is 1.12. The van der Waals surface area contributed by atoms with Gasteiger partial charge in [-0.1, -0.05) is 47.6 Å². The molecule has 0 aliphatic carbocycles. The topological polar surface area (TPSA) is 77.0 Å². The first kappa shape index (κ1) is 25.2. The van der Waals surface area contributed by atoms with Crippen LogP contribution in [0.4, 0.5) is 0 Å². The molecule has 1 fully saturated rings. The second-order valence-corrected chi connectivity index (χ2v) is 9.77. The fraction of sp³-hybridized carbons (Fsp3) is 0.400. The molecule has 0 aromatic heterocycles. The van der Waals surface area contributed by atoms with Crippen molar-refractivity contribution in [2.75, 3.05) is 32.0 Å². The predicted octanol–water partition coefficient (Wildman–Crippen LogP) is 4.42. The van der Waals surface area contributed by atoms with Crippen molar-refractivity contribution < 1.29 is 19.2 Å². The Hall–Kier alpha value is -2.45. The molecule has 0 saturated carbocycles. The lowest BCUT2D eigenvalue weighted by atomic mass is 9.95. The molecule has 1 saturated heterocycles. The second-order valence-electron chi connectivity index (χ2n) is 7.70. The van der Waals surface area contributed by atoms with Crippen molar-refractivity contribution in [2.24, 2.45) is 11.1 Å². The van der Waals surface area contributed by atoms with E-state index in [0.29, 0.717) is 12.1 Å². The summed E-state index contributed by atoms with van der Waals surface area (Å²) in [6, 6.07) is 15.5. The van der Waals surface area contributed by atoms with Crippen LogP contribution in [0.3, 0.4) is 0 Å². The van der Waals surface area contributed by atoms with Gasteiger partial charge in [-0.3, -0.25) is 4.79 Å². The van der Waals surface area contributed by atoms with Crippen LogP contribution in [0.25, 0.3) is 11.1 Å². The zero-order valence-corrected chi connectivity index (χ0v) is 20.8. The zero-order chi connectivity index (χ0) is 23.6. The van der Waals surface area contributed by atoms with E-state index in [0.717, 1.165) is 35.5 Å². The third kappa shape index (κ3) is 6.77. The third-order valence-electron chi connectivity index (χ3n) is 5.63. The van der Waals surface area contributed by atoms with E-state index in [-0.39, 0.29) is 11.8 Å². The standard InChI is InChI=1S/C25H30N2O4S2/c1-30-25(29)21(26-24(28)23(27-31-2)19-12-14-33-15-13-19)16-17-8-10-18(11-9-17)20-6-4-5-7-22(20)32-3/h4-11,19,21H,12-16H2,1-3H3,(H,26,28)/t21-/m0/s1. The minimum Gasteiger partial charge on any atom is -0.467 e. The number of thioether (sulfide) groups is 2. The lowest BCUT2D eigenvalue weighted by Gasteiger charge is -2.23. The van der Waals surface area contributed by atoms with Crippen LogP contribution in [-0.4, -0.2) is 55.6 Å². The summed E-state index contributed by atoms with van der Waals surface area (Å²) in [5, 5.41) is 6.82. The lowest BCUT2D eigenvalue weighted by molar-refractivity contribution is -0.144. The quantitative estimate of drug-likeness (QED) is 0.245. The van der Waals surface area contributed by atoms with E-state index in [4.69, 9.17) is 9.57 Å². The van der Waals surface area contributed by atoms with Crippen molar-refractivity contribution in [1.29, 1.82) is 0 Å². The number of benzene rings is 2. The molecule has 33 heavy (non-hydrogen) atoms. The van der Waals surface area contributed by atoms with Crippen molar-refractivity contribution in [3.8, 4) is 11.1 Å². The molecule has 0 unspecified atom stereocenters. The van der Waals surface area contributed by atoms with Crippen LogP contribution in [0.5, 0.6) is 0 Å². The molecular formula is C25H30N2O4S2. The van der Waals surface area contributed by atoms with Gasteiger partial charge in [0.2, 0.25) is 0 Å². The van der Waals surface area contributed by atoms with Gasteiger partial charge in [0.05, 0.1) is 7.11 Å². The molecule has 1 atom stereocenters. The monoisotopic (exact) mass is 486 g/mol. The van der Waals surface area contributed by atoms with Gasteiger partial charge in [0, 0.05) is 17.2 Å². The summed E-state index contributed by atoms with van der Waals surface area (Å²) in [4.78, 5) is 31.6. The Bertz CT molecular complexity index is 973. The SMILES string of the molecule is CON=C(C(=O)N[C@@H](Cc1ccc(-c2ccccc2SC)cc1)C(=O)OC)C1CCSCC1. The zero-order valence-electron chi connectivity index (χ0n) is 19.2. The van der Waals surface area contributed by atoms with Gasteiger partial charge in [0.25, 0.3) is 5.91 Å². The Kier molecular flexibility index (Phi) is 9.69. The number of carbonyl (C=O) groups excluding carboxylic acids is 2. The number of rotatable bonds is 9. The Morgan fingerprint density at radius 3 is 2.45 bits per heavy atom. The van der Waals surface area contributed by atoms with Crippen LogP contribution >= 0.6 is 23.5 Å². The number of hydrogen-bond acceptors (Lipinski definition) is 7. The minimum atomic E-state index is -0.813. The number of methoxy groups -OCH3 is 1. The summed E-state index contributed by atoms with van der Waals surface area (Å²) in [6.07, 6.45) is 4.11. The molecule has 1 aliphatic rings. The maximum Gasteiger partial charge on any atom is 0.328 e. The fourth-order valence-corrected chi connectivity index (χ4v) is 5.60. The molecule has 0 spiro atoms. The van der Waals surface area contributed by atoms with E-state index in [2.05, 4.69) is 28.9 Å². The third-order valence-corrected chi connectivity index (χ3v) is 7.48. The molecule has 0 radical (unpaired) electrons. The number of amides is 1. The molecule has 1 aliphatic heterocycles. The molecule has 8 heteroatoms. The van der Waals surface area contributed by atoms with Crippen molar-refractivity contribution >= 4 is 41.1 Å². The Labute approximate surface area is 203 Å². The van der Waals surface area contributed by atoms with Gasteiger partial charge in [-0.2, -0.15) is 11.8 Å². The Balaban J connectivity index is 1.74. The second kappa shape index (κ2) is 12.7. The molecule has 2 aromatic carbocycles. The Morgan fingerprint density at radius 2 is 1.82 bits per heavy atom. The van der Waals surface area contributed by atoms with E-state index in [9.17, 15) is 9.59 Å². The molecular weight excluding hydrogens is 456 g/mol. The van der Waals surface area contributed by atoms with E-state index in [1.54, 1.807) is 11.8 Å². The van der Waals surface area contributed by atoms with Crippen molar-refractivity contribution in [2.45, 2.75) is 30.2 Å². The van der Waals surface area contributed by atoms with Crippen LogP contribution < -0.4 is 5.32 Å². The molecule has 1 heterocycles. The van der Waals surface area contributed by atoms with E-state index < -0.39 is 12.0 Å². The highest BCUT2D eigenvalue weighted by Gasteiger charge is 2.30. The van der Waals surface area contributed by atoms with Crippen molar-refractivity contribution in [3.63, 3.8) is 0 Å². The van der Waals surface area contributed by atoms with Gasteiger partial charge < -0.3 is 14.9 Å². The van der Waals surface area contributed by atoms with Gasteiger partial charge in [-0.25, -0.2) is 4.79 Å². The van der Waals surface area contributed by atoms with E-state index in [1.165, 1.54) is 24.7 Å². The van der Waals surface area contributed by atoms with Crippen LogP contribution in [-0.2, 0) is 25.6 Å². The number of carbonyl (C=O) groups is 2. The number of esters is 1. The maximum atomic E-state index is 13.0. The highest BCUT2D eigenvalue weighted by atomic mass is 32.2. The average molecular weight is 487 g/mol. The molecule has 1 amide bonds. The smallest absolute Gasteiger partial charge is 0.328 e. The number of oxime groups is 1. The highest BCUT2D eigenvalue weighted by molar-refractivity contribution is 7.99. The van der Waals surface area contributed by atoms with Gasteiger partial charge in [-0.05, 0) is 53.4 Å². The van der Waals surface area contributed by atoms with Crippen LogP contribution in [0.15, 0.2) is 58.6 Å². The summed E-state index contributed by atoms with van der Waals surface area (Å²) >= 11 is 3.57. The average Bonchev–Trinajstić information content (AvgIpc) is 2.87. The molecule has 0 bridgehead atoms. The number of nitrogens with zero attached hydrogens (tertiary/aromatic N) is 1. The maximum absolute atomic E-state index is 13.0. The van der Waals surface area contributed by atoms with Gasteiger partial charge >= 0.3 is 5.97 Å². The van der Waals surface area contributed by atoms with Crippen LogP contribution in [0.1, 0.15) is 18.4 Å². The van der Waals surface area contributed by atoms with Crippen molar-refractivity contribution in [1.82, 2.24) is 5.32 Å². The first-order valence-electron chi connectivity index (χ1n) is 10.9. The number of ether oxygens (including phenoxy) is 1. The minimum absolute atomic E-state index is 0.0280. The summed E-state index contributed by atoms with van der Waals surface area (Å²) in [6.45, 7) is 0. The first-order chi connectivity index (χ1) is 16.1. The molecule has 3 rings (SSSR count). The molecule has 2 aromatic rings. The van der Waals surface area contributed by atoms with Crippen LogP contribution in [0, 0.1) is 5.92 Å². The van der Waals surface area contributed by atoms with E-state index >= 15 is 0 Å². The first-order valence-corrected chi connectivity index (χ1v) is 13.2. The molecule has 176 valence electrons. The van der Waals surface area contributed by atoms with Gasteiger partial charge in [-0.15, -0.1) is 11.8 Å². The lowest BCUT2D eigenvalue weighted by Crippen LogP contribution is -2.47. The van der Waals surface area contributed by atoms with Crippen molar-refractivity contribution in [3.05, 3.63) is 54.1 Å². The highest BCUT2D eigenvalue weighted by Crippen LogP contribution is 2.30. The fourth-order valence-electron chi connectivity index (χ4n) is 3.88.